The summed E-state index contributed by atoms with van der Waals surface area (Å²) in [6.45, 7) is 2.16. The van der Waals surface area contributed by atoms with Gasteiger partial charge in [0.15, 0.2) is 0 Å². The van der Waals surface area contributed by atoms with Crippen molar-refractivity contribution in [2.45, 2.75) is 18.9 Å². The van der Waals surface area contributed by atoms with Crippen molar-refractivity contribution >= 4 is 17.2 Å². The number of carbonyl (C=O) groups is 1. The molecule has 21 heavy (non-hydrogen) atoms. The van der Waals surface area contributed by atoms with E-state index in [0.29, 0.717) is 6.61 Å². The number of rotatable bonds is 5. The highest BCUT2D eigenvalue weighted by molar-refractivity contribution is 7.12. The smallest absolute Gasteiger partial charge is 0.264 e. The van der Waals surface area contributed by atoms with Gasteiger partial charge in [0.1, 0.15) is 0 Å². The lowest BCUT2D eigenvalue weighted by molar-refractivity contribution is 0.0661. The molecule has 0 N–H and O–H groups in total. The summed E-state index contributed by atoms with van der Waals surface area (Å²) in [5.74, 6) is 0.136. The second-order valence-corrected chi connectivity index (χ2v) is 6.18. The van der Waals surface area contributed by atoms with Crippen LogP contribution in [0.25, 0.3) is 0 Å². The molecule has 2 heterocycles. The van der Waals surface area contributed by atoms with Crippen molar-refractivity contribution in [3.8, 4) is 0 Å². The van der Waals surface area contributed by atoms with Crippen LogP contribution in [0.5, 0.6) is 0 Å². The van der Waals surface area contributed by atoms with Gasteiger partial charge < -0.3 is 9.64 Å². The molecule has 1 aromatic carbocycles. The fourth-order valence-corrected chi connectivity index (χ4v) is 3.33. The van der Waals surface area contributed by atoms with Crippen molar-refractivity contribution in [1.29, 1.82) is 0 Å². The molecule has 0 saturated carbocycles. The molecule has 3 rings (SSSR count). The summed E-state index contributed by atoms with van der Waals surface area (Å²) in [5.41, 5.74) is 1.26. The van der Waals surface area contributed by atoms with Crippen LogP contribution in [0, 0.1) is 0 Å². The second-order valence-electron chi connectivity index (χ2n) is 5.23. The highest BCUT2D eigenvalue weighted by Crippen LogP contribution is 2.19. The van der Waals surface area contributed by atoms with Crippen LogP contribution in [0.3, 0.4) is 0 Å². The first-order valence-electron chi connectivity index (χ1n) is 7.31. The number of carbonyl (C=O) groups excluding carboxylic acids is 1. The molecule has 0 radical (unpaired) electrons. The Morgan fingerprint density at radius 1 is 1.24 bits per heavy atom. The molecule has 0 aliphatic carbocycles. The Labute approximate surface area is 129 Å². The first-order valence-corrected chi connectivity index (χ1v) is 8.19. The molecular weight excluding hydrogens is 282 g/mol. The minimum Gasteiger partial charge on any atom is -0.379 e. The Balaban J connectivity index is 1.71. The summed E-state index contributed by atoms with van der Waals surface area (Å²) in [5, 5.41) is 1.95. The minimum absolute atomic E-state index is 0.136. The quantitative estimate of drug-likeness (QED) is 0.848. The maximum atomic E-state index is 12.7. The maximum absolute atomic E-state index is 12.7. The summed E-state index contributed by atoms with van der Waals surface area (Å²) in [7, 11) is 0. The Morgan fingerprint density at radius 3 is 2.76 bits per heavy atom. The third kappa shape index (κ3) is 3.52. The molecule has 2 aromatic rings. The van der Waals surface area contributed by atoms with Crippen LogP contribution >= 0.6 is 11.3 Å². The highest BCUT2D eigenvalue weighted by Gasteiger charge is 2.28. The van der Waals surface area contributed by atoms with Crippen LogP contribution < -0.4 is 0 Å². The van der Waals surface area contributed by atoms with Gasteiger partial charge in [-0.3, -0.25) is 4.79 Å². The number of hydrogen-bond acceptors (Lipinski definition) is 3. The molecule has 110 valence electrons. The van der Waals surface area contributed by atoms with Crippen LogP contribution in [-0.4, -0.2) is 36.6 Å². The van der Waals surface area contributed by atoms with E-state index in [4.69, 9.17) is 4.74 Å². The zero-order valence-corrected chi connectivity index (χ0v) is 12.7. The van der Waals surface area contributed by atoms with Crippen LogP contribution in [0.2, 0.25) is 0 Å². The van der Waals surface area contributed by atoms with Crippen LogP contribution in [0.1, 0.15) is 21.7 Å². The third-order valence-electron chi connectivity index (χ3n) is 3.82. The number of benzene rings is 1. The summed E-state index contributed by atoms with van der Waals surface area (Å²) >= 11 is 1.51. The van der Waals surface area contributed by atoms with Gasteiger partial charge in [-0.1, -0.05) is 36.4 Å². The topological polar surface area (TPSA) is 29.5 Å². The van der Waals surface area contributed by atoms with E-state index in [1.165, 1.54) is 16.9 Å². The molecule has 0 bridgehead atoms. The van der Waals surface area contributed by atoms with E-state index in [9.17, 15) is 4.79 Å². The van der Waals surface area contributed by atoms with Gasteiger partial charge in [0.2, 0.25) is 0 Å². The van der Waals surface area contributed by atoms with E-state index >= 15 is 0 Å². The van der Waals surface area contributed by atoms with Gasteiger partial charge in [-0.2, -0.15) is 0 Å². The molecule has 1 aliphatic rings. The largest absolute Gasteiger partial charge is 0.379 e. The van der Waals surface area contributed by atoms with Crippen LogP contribution in [0.4, 0.5) is 0 Å². The average molecular weight is 301 g/mol. The first kappa shape index (κ1) is 14.3. The molecular formula is C17H19NO2S. The summed E-state index contributed by atoms with van der Waals surface area (Å²) < 4.78 is 5.47. The van der Waals surface area contributed by atoms with Crippen LogP contribution in [0.15, 0.2) is 47.8 Å². The van der Waals surface area contributed by atoms with Gasteiger partial charge in [0.05, 0.1) is 17.5 Å². The normalized spacial score (nSPS) is 17.8. The van der Waals surface area contributed by atoms with Crippen molar-refractivity contribution in [3.63, 3.8) is 0 Å². The average Bonchev–Trinajstić information content (AvgIpc) is 3.22. The van der Waals surface area contributed by atoms with Gasteiger partial charge in [0.25, 0.3) is 5.91 Å². The highest BCUT2D eigenvalue weighted by atomic mass is 32.1. The Morgan fingerprint density at radius 2 is 2.10 bits per heavy atom. The van der Waals surface area contributed by atoms with E-state index < -0.39 is 0 Å². The number of ether oxygens (including phenoxy) is 1. The summed E-state index contributed by atoms with van der Waals surface area (Å²) in [6, 6.07) is 14.4. The minimum atomic E-state index is 0.136. The fourth-order valence-electron chi connectivity index (χ4n) is 2.65. The monoisotopic (exact) mass is 301 g/mol. The van der Waals surface area contributed by atoms with E-state index in [-0.39, 0.29) is 11.9 Å². The zero-order chi connectivity index (χ0) is 14.5. The van der Waals surface area contributed by atoms with Crippen molar-refractivity contribution in [3.05, 3.63) is 58.3 Å². The van der Waals surface area contributed by atoms with E-state index in [2.05, 4.69) is 12.1 Å². The van der Waals surface area contributed by atoms with Crippen molar-refractivity contribution < 1.29 is 9.53 Å². The van der Waals surface area contributed by atoms with E-state index in [1.54, 1.807) is 0 Å². The maximum Gasteiger partial charge on any atom is 0.264 e. The SMILES string of the molecule is O=C(c1cccs1)N(CCc1ccccc1)[C@H]1CCOC1. The van der Waals surface area contributed by atoms with Gasteiger partial charge in [-0.15, -0.1) is 11.3 Å². The number of hydrogen-bond donors (Lipinski definition) is 0. The Bertz CT molecular complexity index is 562. The molecule has 0 spiro atoms. The molecule has 4 heteroatoms. The first-order chi connectivity index (χ1) is 10.3. The van der Waals surface area contributed by atoms with Gasteiger partial charge >= 0.3 is 0 Å². The molecule has 1 aromatic heterocycles. The molecule has 1 fully saturated rings. The van der Waals surface area contributed by atoms with Crippen molar-refractivity contribution in [2.75, 3.05) is 19.8 Å². The second kappa shape index (κ2) is 6.87. The lowest BCUT2D eigenvalue weighted by Crippen LogP contribution is -2.41. The summed E-state index contributed by atoms with van der Waals surface area (Å²) in [6.07, 6.45) is 1.82. The molecule has 1 aliphatic heterocycles. The van der Waals surface area contributed by atoms with Crippen LogP contribution in [-0.2, 0) is 11.2 Å². The standard InChI is InChI=1S/C17H19NO2S/c19-17(16-7-4-12-21-16)18(15-9-11-20-13-15)10-8-14-5-2-1-3-6-14/h1-7,12,15H,8-11,13H2/t15-/m0/s1. The Kier molecular flexibility index (Phi) is 4.68. The molecule has 1 atom stereocenters. The Hall–Kier alpha value is -1.65. The van der Waals surface area contributed by atoms with Gasteiger partial charge in [-0.25, -0.2) is 0 Å². The number of amides is 1. The summed E-state index contributed by atoms with van der Waals surface area (Å²) in [4.78, 5) is 15.5. The molecule has 1 amide bonds. The lowest BCUT2D eigenvalue weighted by Gasteiger charge is -2.27. The number of nitrogens with zero attached hydrogens (tertiary/aromatic N) is 1. The lowest BCUT2D eigenvalue weighted by atomic mass is 10.1. The zero-order valence-electron chi connectivity index (χ0n) is 11.9. The number of thiophene rings is 1. The van der Waals surface area contributed by atoms with E-state index in [0.717, 1.165) is 30.9 Å². The predicted octanol–water partition coefficient (Wildman–Crippen LogP) is 3.22. The molecule has 1 saturated heterocycles. The van der Waals surface area contributed by atoms with Gasteiger partial charge in [0, 0.05) is 13.2 Å². The van der Waals surface area contributed by atoms with E-state index in [1.807, 2.05) is 40.6 Å². The van der Waals surface area contributed by atoms with Crippen molar-refractivity contribution in [1.82, 2.24) is 4.90 Å². The fraction of sp³-hybridized carbons (Fsp3) is 0.353. The van der Waals surface area contributed by atoms with Crippen molar-refractivity contribution in [2.24, 2.45) is 0 Å². The predicted molar refractivity (Wildman–Crippen MR) is 84.7 cm³/mol. The van der Waals surface area contributed by atoms with Gasteiger partial charge in [-0.05, 0) is 29.9 Å². The molecule has 0 unspecified atom stereocenters. The third-order valence-corrected chi connectivity index (χ3v) is 4.68. The molecule has 3 nitrogen and oxygen atoms in total.